The summed E-state index contributed by atoms with van der Waals surface area (Å²) in [4.78, 5) is 29.8. The first-order chi connectivity index (χ1) is 20.1. The minimum Gasteiger partial charge on any atom is -0.406 e. The quantitative estimate of drug-likeness (QED) is 0.311. The number of benzene rings is 2. The molecule has 5 rings (SSSR count). The van der Waals surface area contributed by atoms with E-state index in [0.29, 0.717) is 36.8 Å². The van der Waals surface area contributed by atoms with Crippen molar-refractivity contribution in [2.45, 2.75) is 64.8 Å². The molecule has 1 aromatic heterocycles. The van der Waals surface area contributed by atoms with Gasteiger partial charge in [0.25, 0.3) is 11.9 Å². The molecule has 1 saturated heterocycles. The van der Waals surface area contributed by atoms with Crippen LogP contribution in [0.15, 0.2) is 48.5 Å². The zero-order valence-corrected chi connectivity index (χ0v) is 23.4. The number of unbranched alkanes of at least 4 members (excludes halogenated alkanes) is 1. The lowest BCUT2D eigenvalue weighted by atomic mass is 9.68. The molecule has 42 heavy (non-hydrogen) atoms. The number of urea groups is 1. The van der Waals surface area contributed by atoms with E-state index in [0.717, 1.165) is 31.2 Å². The second-order valence-electron chi connectivity index (χ2n) is 11.2. The zero-order valence-electron chi connectivity index (χ0n) is 23.4. The van der Waals surface area contributed by atoms with Crippen molar-refractivity contribution in [1.29, 1.82) is 0 Å². The molecule has 2 heterocycles. The number of halogens is 3. The molecule has 2 fully saturated rings. The number of nitrogens with zero attached hydrogens (tertiary/aromatic N) is 5. The summed E-state index contributed by atoms with van der Waals surface area (Å²) >= 11 is 0. The number of carbonyl (C=O) groups is 2. The predicted molar refractivity (Wildman–Crippen MR) is 149 cm³/mol. The predicted octanol–water partition coefficient (Wildman–Crippen LogP) is 6.16. The molecular formula is C29H34F3N7O3. The third-order valence-electron chi connectivity index (χ3n) is 8.20. The van der Waals surface area contributed by atoms with Gasteiger partial charge in [0.2, 0.25) is 0 Å². The lowest BCUT2D eigenvalue weighted by Crippen LogP contribution is -2.59. The molecule has 1 aliphatic heterocycles. The largest absolute Gasteiger partial charge is 0.573 e. The van der Waals surface area contributed by atoms with Crippen molar-refractivity contribution >= 4 is 23.6 Å². The third-order valence-corrected chi connectivity index (χ3v) is 8.20. The van der Waals surface area contributed by atoms with Gasteiger partial charge in [-0.1, -0.05) is 43.4 Å². The number of aromatic amines is 1. The standard InChI is InChI=1S/C29H34F3N7O3/c1-2-3-4-20-13-15-28(16-14-20)18-38(17-21-5-7-22(8-6-21)25(40)33-26-34-36-37-35-26)27(41)39(19-28)23-9-11-24(12-10-23)42-29(30,31)32/h5-12,20H,2-4,13-19H2,1H3,(H2,33,34,35,36,37,40). The highest BCUT2D eigenvalue weighted by molar-refractivity contribution is 6.03. The van der Waals surface area contributed by atoms with E-state index >= 15 is 0 Å². The van der Waals surface area contributed by atoms with Crippen molar-refractivity contribution < 1.29 is 27.5 Å². The van der Waals surface area contributed by atoms with Gasteiger partial charge in [-0.05, 0) is 78.8 Å². The molecule has 1 saturated carbocycles. The summed E-state index contributed by atoms with van der Waals surface area (Å²) in [5.74, 6) is 0.0259. The lowest BCUT2D eigenvalue weighted by molar-refractivity contribution is -0.274. The van der Waals surface area contributed by atoms with E-state index in [9.17, 15) is 22.8 Å². The fourth-order valence-corrected chi connectivity index (χ4v) is 6.01. The number of hydrogen-bond donors (Lipinski definition) is 2. The average Bonchev–Trinajstić information content (AvgIpc) is 3.48. The summed E-state index contributed by atoms with van der Waals surface area (Å²) in [5, 5.41) is 15.7. The lowest BCUT2D eigenvalue weighted by Gasteiger charge is -2.50. The molecular weight excluding hydrogens is 551 g/mol. The molecule has 0 unspecified atom stereocenters. The Hall–Kier alpha value is -4.16. The first-order valence-electron chi connectivity index (χ1n) is 14.2. The molecule has 13 heteroatoms. The number of nitrogens with one attached hydrogen (secondary N) is 2. The van der Waals surface area contributed by atoms with Crippen molar-refractivity contribution in [3.63, 3.8) is 0 Å². The van der Waals surface area contributed by atoms with Gasteiger partial charge in [0.1, 0.15) is 5.75 Å². The van der Waals surface area contributed by atoms with Crippen LogP contribution in [0.1, 0.15) is 67.8 Å². The van der Waals surface area contributed by atoms with Gasteiger partial charge in [0.15, 0.2) is 0 Å². The van der Waals surface area contributed by atoms with Crippen LogP contribution in [-0.4, -0.2) is 56.9 Å². The zero-order chi connectivity index (χ0) is 29.7. The number of amides is 3. The topological polar surface area (TPSA) is 116 Å². The van der Waals surface area contributed by atoms with Gasteiger partial charge < -0.3 is 9.64 Å². The molecule has 0 radical (unpaired) electrons. The Morgan fingerprint density at radius 3 is 2.43 bits per heavy atom. The van der Waals surface area contributed by atoms with E-state index in [1.807, 2.05) is 4.90 Å². The van der Waals surface area contributed by atoms with Crippen molar-refractivity contribution in [1.82, 2.24) is 25.5 Å². The Morgan fingerprint density at radius 1 is 1.10 bits per heavy atom. The van der Waals surface area contributed by atoms with Gasteiger partial charge in [-0.15, -0.1) is 18.3 Å². The summed E-state index contributed by atoms with van der Waals surface area (Å²) in [6, 6.07) is 12.2. The van der Waals surface area contributed by atoms with Gasteiger partial charge in [0, 0.05) is 36.3 Å². The molecule has 2 aliphatic rings. The number of tetrazole rings is 1. The Kier molecular flexibility index (Phi) is 8.64. The molecule has 10 nitrogen and oxygen atoms in total. The molecule has 1 aliphatic carbocycles. The monoisotopic (exact) mass is 585 g/mol. The molecule has 2 N–H and O–H groups in total. The Morgan fingerprint density at radius 2 is 1.81 bits per heavy atom. The number of anilines is 2. The Labute approximate surface area is 241 Å². The molecule has 2 aromatic carbocycles. The van der Waals surface area contributed by atoms with Gasteiger partial charge in [-0.25, -0.2) is 4.79 Å². The molecule has 0 bridgehead atoms. The number of H-pyrrole nitrogens is 1. The number of aromatic nitrogens is 4. The minimum atomic E-state index is -4.79. The van der Waals surface area contributed by atoms with Crippen LogP contribution >= 0.6 is 0 Å². The van der Waals surface area contributed by atoms with E-state index in [1.54, 1.807) is 29.2 Å². The van der Waals surface area contributed by atoms with E-state index in [4.69, 9.17) is 0 Å². The summed E-state index contributed by atoms with van der Waals surface area (Å²) in [7, 11) is 0. The second-order valence-corrected chi connectivity index (χ2v) is 11.2. The SMILES string of the molecule is CCCCC1CCC2(CC1)CN(Cc1ccc(C(=O)Nc3nn[nH]n3)cc1)C(=O)N(c1ccc(OC(F)(F)F)cc1)C2. The van der Waals surface area contributed by atoms with Crippen molar-refractivity contribution in [2.24, 2.45) is 11.3 Å². The summed E-state index contributed by atoms with van der Waals surface area (Å²) in [6.07, 6.45) is 2.96. The molecule has 3 aromatic rings. The van der Waals surface area contributed by atoms with Crippen molar-refractivity contribution in [2.75, 3.05) is 23.3 Å². The summed E-state index contributed by atoms with van der Waals surface area (Å²) < 4.78 is 42.1. The minimum absolute atomic E-state index is 0.0656. The normalized spacial score (nSPS) is 21.0. The van der Waals surface area contributed by atoms with Crippen LogP contribution in [-0.2, 0) is 6.54 Å². The van der Waals surface area contributed by atoms with Crippen LogP contribution in [0, 0.1) is 11.3 Å². The number of hydrogen-bond acceptors (Lipinski definition) is 6. The highest BCUT2D eigenvalue weighted by Gasteiger charge is 2.45. The van der Waals surface area contributed by atoms with Gasteiger partial charge in [-0.3, -0.25) is 15.0 Å². The summed E-state index contributed by atoms with van der Waals surface area (Å²) in [6.45, 7) is 3.64. The number of rotatable bonds is 9. The van der Waals surface area contributed by atoms with Crippen molar-refractivity contribution in [3.05, 3.63) is 59.7 Å². The number of carbonyl (C=O) groups excluding carboxylic acids is 2. The molecule has 224 valence electrons. The first-order valence-corrected chi connectivity index (χ1v) is 14.2. The van der Waals surface area contributed by atoms with Crippen molar-refractivity contribution in [3.8, 4) is 5.75 Å². The maximum atomic E-state index is 13.8. The number of alkyl halides is 3. The van der Waals surface area contributed by atoms with Crippen LogP contribution in [0.3, 0.4) is 0 Å². The molecule has 3 amide bonds. The highest BCUT2D eigenvalue weighted by Crippen LogP contribution is 2.45. The first kappa shape index (κ1) is 29.3. The van der Waals surface area contributed by atoms with Crippen LogP contribution < -0.4 is 15.0 Å². The molecule has 0 atom stereocenters. The fourth-order valence-electron chi connectivity index (χ4n) is 6.01. The highest BCUT2D eigenvalue weighted by atomic mass is 19.4. The van der Waals surface area contributed by atoms with E-state index in [1.165, 1.54) is 43.5 Å². The fraction of sp³-hybridized carbons (Fsp3) is 0.483. The number of ether oxygens (including phenoxy) is 1. The third kappa shape index (κ3) is 7.18. The Bertz CT molecular complexity index is 1340. The van der Waals surface area contributed by atoms with E-state index < -0.39 is 6.36 Å². The van der Waals surface area contributed by atoms with Gasteiger partial charge >= 0.3 is 12.4 Å². The Balaban J connectivity index is 1.33. The van der Waals surface area contributed by atoms with Crippen LogP contribution in [0.5, 0.6) is 5.75 Å². The van der Waals surface area contributed by atoms with Crippen LogP contribution in [0.25, 0.3) is 0 Å². The summed E-state index contributed by atoms with van der Waals surface area (Å²) in [5.41, 5.74) is 1.66. The smallest absolute Gasteiger partial charge is 0.406 e. The van der Waals surface area contributed by atoms with Crippen LogP contribution in [0.4, 0.5) is 29.6 Å². The maximum absolute atomic E-state index is 13.8. The van der Waals surface area contributed by atoms with Crippen LogP contribution in [0.2, 0.25) is 0 Å². The average molecular weight is 586 g/mol. The maximum Gasteiger partial charge on any atom is 0.573 e. The van der Waals surface area contributed by atoms with E-state index in [-0.39, 0.29) is 29.1 Å². The van der Waals surface area contributed by atoms with Gasteiger partial charge in [0.05, 0.1) is 0 Å². The molecule has 1 spiro atoms. The second kappa shape index (κ2) is 12.4. The van der Waals surface area contributed by atoms with Gasteiger partial charge in [-0.2, -0.15) is 5.21 Å². The van der Waals surface area contributed by atoms with E-state index in [2.05, 4.69) is 37.6 Å².